The normalized spacial score (nSPS) is 10.2. The summed E-state index contributed by atoms with van der Waals surface area (Å²) >= 11 is 0. The van der Waals surface area contributed by atoms with Gasteiger partial charge in [0.25, 0.3) is 5.91 Å². The molecule has 0 saturated carbocycles. The molecular formula is C16H17NO4. The summed E-state index contributed by atoms with van der Waals surface area (Å²) in [5.41, 5.74) is 1.01. The van der Waals surface area contributed by atoms with Gasteiger partial charge in [-0.1, -0.05) is 12.1 Å². The van der Waals surface area contributed by atoms with E-state index < -0.39 is 0 Å². The van der Waals surface area contributed by atoms with E-state index in [4.69, 9.17) is 4.74 Å². The average molecular weight is 287 g/mol. The van der Waals surface area contributed by atoms with Gasteiger partial charge in [0.05, 0.1) is 12.7 Å². The van der Waals surface area contributed by atoms with Crippen molar-refractivity contribution in [1.29, 1.82) is 0 Å². The van der Waals surface area contributed by atoms with Crippen LogP contribution in [0.15, 0.2) is 42.5 Å². The van der Waals surface area contributed by atoms with Gasteiger partial charge in [-0.05, 0) is 29.8 Å². The molecule has 5 heteroatoms. The number of nitrogens with zero attached hydrogens (tertiary/aromatic N) is 1. The number of carbonyl (C=O) groups excluding carboxylic acids is 1. The zero-order valence-corrected chi connectivity index (χ0v) is 11.9. The lowest BCUT2D eigenvalue weighted by molar-refractivity contribution is 0.0782. The predicted octanol–water partition coefficient (Wildman–Crippen LogP) is 2.38. The summed E-state index contributed by atoms with van der Waals surface area (Å²) in [5.74, 6) is 0.209. The standard InChI is InChI=1S/C16H17NO4/c1-17(10-11-4-3-5-12(18)8-11)16(20)14-7-6-13(21-2)9-15(14)19/h3-9,18-19H,10H2,1-2H3. The summed E-state index contributed by atoms with van der Waals surface area (Å²) in [4.78, 5) is 13.8. The quantitative estimate of drug-likeness (QED) is 0.905. The molecule has 5 nitrogen and oxygen atoms in total. The first-order valence-electron chi connectivity index (χ1n) is 6.41. The molecule has 0 aliphatic rings. The van der Waals surface area contributed by atoms with E-state index in [0.29, 0.717) is 12.3 Å². The summed E-state index contributed by atoms with van der Waals surface area (Å²) in [5, 5.41) is 19.3. The van der Waals surface area contributed by atoms with Crippen LogP contribution in [0.2, 0.25) is 0 Å². The van der Waals surface area contributed by atoms with E-state index in [9.17, 15) is 15.0 Å². The molecule has 0 unspecified atom stereocenters. The first-order valence-corrected chi connectivity index (χ1v) is 6.41. The van der Waals surface area contributed by atoms with Crippen molar-refractivity contribution in [3.05, 3.63) is 53.6 Å². The minimum absolute atomic E-state index is 0.123. The van der Waals surface area contributed by atoms with Crippen LogP contribution in [0, 0.1) is 0 Å². The zero-order valence-electron chi connectivity index (χ0n) is 11.9. The first kappa shape index (κ1) is 14.7. The molecule has 0 saturated heterocycles. The van der Waals surface area contributed by atoms with Crippen LogP contribution in [0.4, 0.5) is 0 Å². The zero-order chi connectivity index (χ0) is 15.4. The Balaban J connectivity index is 2.15. The minimum atomic E-state index is -0.307. The van der Waals surface area contributed by atoms with Crippen molar-refractivity contribution in [2.24, 2.45) is 0 Å². The van der Waals surface area contributed by atoms with Gasteiger partial charge in [0.1, 0.15) is 17.2 Å². The predicted molar refractivity (Wildman–Crippen MR) is 78.6 cm³/mol. The third kappa shape index (κ3) is 3.45. The number of hydrogen-bond donors (Lipinski definition) is 2. The van der Waals surface area contributed by atoms with E-state index in [-0.39, 0.29) is 23.0 Å². The highest BCUT2D eigenvalue weighted by atomic mass is 16.5. The number of phenols is 2. The van der Waals surface area contributed by atoms with Crippen LogP contribution in [0.25, 0.3) is 0 Å². The fraction of sp³-hybridized carbons (Fsp3) is 0.188. The monoisotopic (exact) mass is 287 g/mol. The van der Waals surface area contributed by atoms with Gasteiger partial charge in [0.15, 0.2) is 0 Å². The van der Waals surface area contributed by atoms with Crippen molar-refractivity contribution < 1.29 is 19.7 Å². The van der Waals surface area contributed by atoms with E-state index in [1.807, 2.05) is 6.07 Å². The van der Waals surface area contributed by atoms with Crippen molar-refractivity contribution in [2.75, 3.05) is 14.2 Å². The van der Waals surface area contributed by atoms with Crippen molar-refractivity contribution in [2.45, 2.75) is 6.54 Å². The molecule has 1 amide bonds. The van der Waals surface area contributed by atoms with E-state index in [1.54, 1.807) is 31.3 Å². The number of ether oxygens (including phenoxy) is 1. The fourth-order valence-electron chi connectivity index (χ4n) is 2.03. The highest BCUT2D eigenvalue weighted by molar-refractivity contribution is 5.96. The van der Waals surface area contributed by atoms with Crippen LogP contribution in [-0.4, -0.2) is 35.2 Å². The summed E-state index contributed by atoms with van der Waals surface area (Å²) < 4.78 is 4.99. The van der Waals surface area contributed by atoms with Crippen LogP contribution >= 0.6 is 0 Å². The maximum absolute atomic E-state index is 12.3. The summed E-state index contributed by atoms with van der Waals surface area (Å²) in [6, 6.07) is 11.2. The fourth-order valence-corrected chi connectivity index (χ4v) is 2.03. The Bertz CT molecular complexity index is 654. The molecule has 0 spiro atoms. The van der Waals surface area contributed by atoms with Crippen molar-refractivity contribution >= 4 is 5.91 Å². The second kappa shape index (κ2) is 6.17. The Morgan fingerprint density at radius 3 is 2.57 bits per heavy atom. The maximum Gasteiger partial charge on any atom is 0.257 e. The van der Waals surface area contributed by atoms with Gasteiger partial charge in [0.2, 0.25) is 0 Å². The molecule has 0 aliphatic carbocycles. The molecule has 0 radical (unpaired) electrons. The van der Waals surface area contributed by atoms with Crippen molar-refractivity contribution in [3.63, 3.8) is 0 Å². The Kier molecular flexibility index (Phi) is 4.33. The number of aromatic hydroxyl groups is 2. The number of hydrogen-bond acceptors (Lipinski definition) is 4. The van der Waals surface area contributed by atoms with Gasteiger partial charge < -0.3 is 19.8 Å². The van der Waals surface area contributed by atoms with Gasteiger partial charge in [-0.25, -0.2) is 0 Å². The van der Waals surface area contributed by atoms with Gasteiger partial charge >= 0.3 is 0 Å². The van der Waals surface area contributed by atoms with Gasteiger partial charge in [-0.15, -0.1) is 0 Å². The highest BCUT2D eigenvalue weighted by Gasteiger charge is 2.16. The number of rotatable bonds is 4. The molecule has 0 fully saturated rings. The van der Waals surface area contributed by atoms with Gasteiger partial charge in [-0.3, -0.25) is 4.79 Å². The molecule has 2 aromatic carbocycles. The first-order chi connectivity index (χ1) is 10.0. The summed E-state index contributed by atoms with van der Waals surface area (Å²) in [7, 11) is 3.13. The van der Waals surface area contributed by atoms with Crippen LogP contribution in [-0.2, 0) is 6.54 Å². The molecule has 21 heavy (non-hydrogen) atoms. The smallest absolute Gasteiger partial charge is 0.257 e. The number of benzene rings is 2. The van der Waals surface area contributed by atoms with Crippen molar-refractivity contribution in [1.82, 2.24) is 4.90 Å². The lowest BCUT2D eigenvalue weighted by Crippen LogP contribution is -2.26. The van der Waals surface area contributed by atoms with E-state index in [1.165, 1.54) is 24.1 Å². The third-order valence-corrected chi connectivity index (χ3v) is 3.11. The Morgan fingerprint density at radius 1 is 1.19 bits per heavy atom. The minimum Gasteiger partial charge on any atom is -0.508 e. The largest absolute Gasteiger partial charge is 0.508 e. The molecular weight excluding hydrogens is 270 g/mol. The second-order valence-electron chi connectivity index (χ2n) is 4.71. The second-order valence-corrected chi connectivity index (χ2v) is 4.71. The molecule has 0 bridgehead atoms. The Morgan fingerprint density at radius 2 is 1.95 bits per heavy atom. The third-order valence-electron chi connectivity index (χ3n) is 3.11. The van der Waals surface area contributed by atoms with E-state index in [2.05, 4.69) is 0 Å². The number of methoxy groups -OCH3 is 1. The average Bonchev–Trinajstić information content (AvgIpc) is 2.46. The molecule has 2 N–H and O–H groups in total. The summed E-state index contributed by atoms with van der Waals surface area (Å²) in [6.07, 6.45) is 0. The number of amides is 1. The van der Waals surface area contributed by atoms with E-state index in [0.717, 1.165) is 5.56 Å². The maximum atomic E-state index is 12.3. The molecule has 0 heterocycles. The number of carbonyl (C=O) groups is 1. The molecule has 2 rings (SSSR count). The van der Waals surface area contributed by atoms with Crippen LogP contribution in [0.1, 0.15) is 15.9 Å². The van der Waals surface area contributed by atoms with Crippen LogP contribution < -0.4 is 4.74 Å². The van der Waals surface area contributed by atoms with E-state index >= 15 is 0 Å². The molecule has 110 valence electrons. The topological polar surface area (TPSA) is 70.0 Å². The van der Waals surface area contributed by atoms with Crippen LogP contribution in [0.3, 0.4) is 0 Å². The molecule has 0 aliphatic heterocycles. The SMILES string of the molecule is COc1ccc(C(=O)N(C)Cc2cccc(O)c2)c(O)c1. The van der Waals surface area contributed by atoms with Gasteiger partial charge in [-0.2, -0.15) is 0 Å². The summed E-state index contributed by atoms with van der Waals surface area (Å²) in [6.45, 7) is 0.332. The Hall–Kier alpha value is -2.69. The molecule has 2 aromatic rings. The molecule has 0 atom stereocenters. The number of phenolic OH excluding ortho intramolecular Hbond substituents is 2. The highest BCUT2D eigenvalue weighted by Crippen LogP contribution is 2.25. The Labute approximate surface area is 123 Å². The lowest BCUT2D eigenvalue weighted by Gasteiger charge is -2.18. The van der Waals surface area contributed by atoms with Crippen molar-refractivity contribution in [3.8, 4) is 17.2 Å². The molecule has 0 aromatic heterocycles. The van der Waals surface area contributed by atoms with Crippen LogP contribution in [0.5, 0.6) is 17.2 Å². The lowest BCUT2D eigenvalue weighted by atomic mass is 10.1. The van der Waals surface area contributed by atoms with Gasteiger partial charge in [0, 0.05) is 19.7 Å².